The molecule has 0 aliphatic carbocycles. The van der Waals surface area contributed by atoms with E-state index < -0.39 is 10.8 Å². The third-order valence-electron chi connectivity index (χ3n) is 3.70. The highest BCUT2D eigenvalue weighted by Crippen LogP contribution is 2.35. The zero-order valence-corrected chi connectivity index (χ0v) is 15.0. The standard InChI is InChI=1S/C19H14FN3O3S/c1-12-3-2-10-21-18(12)22-19(24)13-4-9-17(16(11-13)23(25)26)27-15-7-5-14(20)6-8-15/h2-11H,1H3,(H,21,22,24). The second kappa shape index (κ2) is 7.96. The van der Waals surface area contributed by atoms with Gasteiger partial charge in [0, 0.05) is 22.7 Å². The number of nitro groups is 1. The minimum absolute atomic E-state index is 0.148. The lowest BCUT2D eigenvalue weighted by Crippen LogP contribution is -2.14. The summed E-state index contributed by atoms with van der Waals surface area (Å²) in [5.74, 6) is -0.473. The van der Waals surface area contributed by atoms with Crippen molar-refractivity contribution in [3.8, 4) is 0 Å². The van der Waals surface area contributed by atoms with E-state index in [1.807, 2.05) is 0 Å². The van der Waals surface area contributed by atoms with Crippen molar-refractivity contribution in [2.45, 2.75) is 16.7 Å². The molecule has 0 spiro atoms. The number of carbonyl (C=O) groups excluding carboxylic acids is 1. The van der Waals surface area contributed by atoms with E-state index in [-0.39, 0.29) is 17.1 Å². The van der Waals surface area contributed by atoms with E-state index in [1.54, 1.807) is 25.3 Å². The minimum atomic E-state index is -0.547. The molecule has 136 valence electrons. The summed E-state index contributed by atoms with van der Waals surface area (Å²) in [6, 6.07) is 13.4. The molecule has 1 amide bonds. The molecule has 0 unspecified atom stereocenters. The summed E-state index contributed by atoms with van der Waals surface area (Å²) in [6.07, 6.45) is 1.55. The summed E-state index contributed by atoms with van der Waals surface area (Å²) in [5.41, 5.74) is 0.730. The van der Waals surface area contributed by atoms with Gasteiger partial charge in [-0.2, -0.15) is 0 Å². The van der Waals surface area contributed by atoms with Crippen LogP contribution in [0, 0.1) is 22.9 Å². The molecular weight excluding hydrogens is 369 g/mol. The first-order chi connectivity index (χ1) is 12.9. The van der Waals surface area contributed by atoms with Gasteiger partial charge in [-0.3, -0.25) is 14.9 Å². The summed E-state index contributed by atoms with van der Waals surface area (Å²) >= 11 is 1.13. The molecule has 0 aliphatic heterocycles. The average molecular weight is 383 g/mol. The number of rotatable bonds is 5. The Morgan fingerprint density at radius 2 is 1.93 bits per heavy atom. The Morgan fingerprint density at radius 3 is 2.59 bits per heavy atom. The molecule has 8 heteroatoms. The lowest BCUT2D eigenvalue weighted by molar-refractivity contribution is -0.387. The SMILES string of the molecule is Cc1cccnc1NC(=O)c1ccc(Sc2ccc(F)cc2)c([N+](=O)[O-])c1. The Kier molecular flexibility index (Phi) is 5.46. The van der Waals surface area contributed by atoms with Gasteiger partial charge in [0.2, 0.25) is 0 Å². The predicted molar refractivity (Wildman–Crippen MR) is 101 cm³/mol. The number of nitrogens with one attached hydrogen (secondary N) is 1. The van der Waals surface area contributed by atoms with Crippen LogP contribution >= 0.6 is 11.8 Å². The zero-order valence-electron chi connectivity index (χ0n) is 14.2. The van der Waals surface area contributed by atoms with Crippen LogP contribution in [-0.4, -0.2) is 15.8 Å². The van der Waals surface area contributed by atoms with Crippen LogP contribution in [-0.2, 0) is 0 Å². The fourth-order valence-corrected chi connectivity index (χ4v) is 3.21. The van der Waals surface area contributed by atoms with Crippen molar-refractivity contribution < 1.29 is 14.1 Å². The first kappa shape index (κ1) is 18.5. The Hall–Kier alpha value is -3.26. The van der Waals surface area contributed by atoms with Gasteiger partial charge in [0.15, 0.2) is 0 Å². The van der Waals surface area contributed by atoms with Gasteiger partial charge in [-0.25, -0.2) is 9.37 Å². The van der Waals surface area contributed by atoms with E-state index in [1.165, 1.54) is 42.5 Å². The van der Waals surface area contributed by atoms with Crippen LogP contribution < -0.4 is 5.32 Å². The molecule has 27 heavy (non-hydrogen) atoms. The normalized spacial score (nSPS) is 10.4. The summed E-state index contributed by atoms with van der Waals surface area (Å²) < 4.78 is 13.0. The number of hydrogen-bond acceptors (Lipinski definition) is 5. The highest BCUT2D eigenvalue weighted by Gasteiger charge is 2.19. The average Bonchev–Trinajstić information content (AvgIpc) is 2.65. The quantitative estimate of drug-likeness (QED) is 0.503. The van der Waals surface area contributed by atoms with Crippen molar-refractivity contribution in [1.82, 2.24) is 4.98 Å². The fourth-order valence-electron chi connectivity index (χ4n) is 2.31. The molecule has 3 aromatic rings. The summed E-state index contributed by atoms with van der Waals surface area (Å²) in [7, 11) is 0. The summed E-state index contributed by atoms with van der Waals surface area (Å²) in [6.45, 7) is 1.80. The molecular formula is C19H14FN3O3S. The Morgan fingerprint density at radius 1 is 1.19 bits per heavy atom. The van der Waals surface area contributed by atoms with Crippen LogP contribution in [0.25, 0.3) is 0 Å². The van der Waals surface area contributed by atoms with Crippen molar-refractivity contribution in [2.75, 3.05) is 5.32 Å². The highest BCUT2D eigenvalue weighted by atomic mass is 32.2. The number of amides is 1. The molecule has 1 aromatic heterocycles. The van der Waals surface area contributed by atoms with Crippen LogP contribution in [0.1, 0.15) is 15.9 Å². The molecule has 1 N–H and O–H groups in total. The number of nitrogens with zero attached hydrogens (tertiary/aromatic N) is 2. The number of benzene rings is 2. The molecule has 2 aromatic carbocycles. The summed E-state index contributed by atoms with van der Waals surface area (Å²) in [5, 5.41) is 14.1. The van der Waals surface area contributed by atoms with Gasteiger partial charge in [-0.1, -0.05) is 17.8 Å². The molecule has 3 rings (SSSR count). The molecule has 0 saturated carbocycles. The van der Waals surface area contributed by atoms with Crippen LogP contribution in [0.2, 0.25) is 0 Å². The van der Waals surface area contributed by atoms with Gasteiger partial charge in [-0.15, -0.1) is 0 Å². The molecule has 1 heterocycles. The predicted octanol–water partition coefficient (Wildman–Crippen LogP) is 4.84. The molecule has 0 radical (unpaired) electrons. The first-order valence-electron chi connectivity index (χ1n) is 7.89. The number of aryl methyl sites for hydroxylation is 1. The maximum Gasteiger partial charge on any atom is 0.284 e. The second-order valence-corrected chi connectivity index (χ2v) is 6.73. The third kappa shape index (κ3) is 4.48. The van der Waals surface area contributed by atoms with Gasteiger partial charge >= 0.3 is 0 Å². The lowest BCUT2D eigenvalue weighted by atomic mass is 10.2. The number of pyridine rings is 1. The Balaban J connectivity index is 1.86. The fraction of sp³-hybridized carbons (Fsp3) is 0.0526. The van der Waals surface area contributed by atoms with E-state index in [0.29, 0.717) is 15.6 Å². The van der Waals surface area contributed by atoms with Crippen molar-refractivity contribution in [2.24, 2.45) is 0 Å². The summed E-state index contributed by atoms with van der Waals surface area (Å²) in [4.78, 5) is 28.4. The number of nitro benzene ring substituents is 1. The smallest absolute Gasteiger partial charge is 0.284 e. The van der Waals surface area contributed by atoms with Gasteiger partial charge in [0.25, 0.3) is 11.6 Å². The van der Waals surface area contributed by atoms with Gasteiger partial charge in [-0.05, 0) is 55.0 Å². The molecule has 0 atom stereocenters. The molecule has 0 bridgehead atoms. The topological polar surface area (TPSA) is 85.1 Å². The lowest BCUT2D eigenvalue weighted by Gasteiger charge is -2.08. The van der Waals surface area contributed by atoms with Crippen molar-refractivity contribution >= 4 is 29.2 Å². The van der Waals surface area contributed by atoms with Crippen LogP contribution in [0.5, 0.6) is 0 Å². The zero-order chi connectivity index (χ0) is 19.4. The van der Waals surface area contributed by atoms with Crippen LogP contribution in [0.4, 0.5) is 15.9 Å². The Bertz CT molecular complexity index is 1010. The second-order valence-electron chi connectivity index (χ2n) is 5.62. The largest absolute Gasteiger partial charge is 0.306 e. The Labute approximate surface area is 158 Å². The number of carbonyl (C=O) groups is 1. The van der Waals surface area contributed by atoms with E-state index >= 15 is 0 Å². The monoisotopic (exact) mass is 383 g/mol. The molecule has 6 nitrogen and oxygen atoms in total. The number of aromatic nitrogens is 1. The molecule has 0 fully saturated rings. The third-order valence-corrected chi connectivity index (χ3v) is 4.77. The first-order valence-corrected chi connectivity index (χ1v) is 8.70. The van der Waals surface area contributed by atoms with E-state index in [0.717, 1.165) is 17.3 Å². The van der Waals surface area contributed by atoms with Crippen LogP contribution in [0.3, 0.4) is 0 Å². The van der Waals surface area contributed by atoms with Crippen molar-refractivity contribution in [1.29, 1.82) is 0 Å². The van der Waals surface area contributed by atoms with Gasteiger partial charge < -0.3 is 5.32 Å². The van der Waals surface area contributed by atoms with E-state index in [2.05, 4.69) is 10.3 Å². The van der Waals surface area contributed by atoms with Gasteiger partial charge in [0.05, 0.1) is 9.82 Å². The minimum Gasteiger partial charge on any atom is -0.306 e. The number of halogens is 1. The van der Waals surface area contributed by atoms with Gasteiger partial charge in [0.1, 0.15) is 11.6 Å². The maximum absolute atomic E-state index is 13.0. The molecule has 0 aliphatic rings. The van der Waals surface area contributed by atoms with E-state index in [9.17, 15) is 19.3 Å². The number of anilines is 1. The van der Waals surface area contributed by atoms with E-state index in [4.69, 9.17) is 0 Å². The van der Waals surface area contributed by atoms with Crippen LogP contribution in [0.15, 0.2) is 70.6 Å². The highest BCUT2D eigenvalue weighted by molar-refractivity contribution is 7.99. The van der Waals surface area contributed by atoms with Crippen molar-refractivity contribution in [3.63, 3.8) is 0 Å². The number of hydrogen-bond donors (Lipinski definition) is 1. The van der Waals surface area contributed by atoms with Crippen molar-refractivity contribution in [3.05, 3.63) is 87.9 Å². The maximum atomic E-state index is 13.0. The molecule has 0 saturated heterocycles.